The van der Waals surface area contributed by atoms with Gasteiger partial charge in [-0.1, -0.05) is 59.9 Å². The third-order valence-electron chi connectivity index (χ3n) is 3.79. The molecule has 7 heteroatoms. The molecule has 0 radical (unpaired) electrons. The van der Waals surface area contributed by atoms with Gasteiger partial charge in [-0.25, -0.2) is 5.43 Å². The van der Waals surface area contributed by atoms with E-state index in [-0.39, 0.29) is 11.7 Å². The van der Waals surface area contributed by atoms with E-state index in [2.05, 4.69) is 10.5 Å². The molecular formula is C23H20N2O3S2. The Bertz CT molecular complexity index is 995. The zero-order chi connectivity index (χ0) is 21.2. The maximum atomic E-state index is 12.4. The Kier molecular flexibility index (Phi) is 8.00. The molecule has 0 aromatic heterocycles. The number of benzene rings is 3. The van der Waals surface area contributed by atoms with Crippen molar-refractivity contribution in [1.82, 2.24) is 5.43 Å². The Labute approximate surface area is 183 Å². The zero-order valence-corrected chi connectivity index (χ0v) is 17.8. The monoisotopic (exact) mass is 436 g/mol. The molecule has 0 saturated carbocycles. The van der Waals surface area contributed by atoms with E-state index < -0.39 is 0 Å². The van der Waals surface area contributed by atoms with Crippen molar-refractivity contribution in [2.24, 2.45) is 5.10 Å². The summed E-state index contributed by atoms with van der Waals surface area (Å²) < 4.78 is 5.94. The van der Waals surface area contributed by atoms with Crippen molar-refractivity contribution in [1.29, 1.82) is 0 Å². The molecule has 2 N–H and O–H groups in total. The molecule has 0 heterocycles. The summed E-state index contributed by atoms with van der Waals surface area (Å²) in [6, 6.07) is 24.5. The van der Waals surface area contributed by atoms with Crippen molar-refractivity contribution in [2.75, 3.05) is 7.11 Å². The minimum absolute atomic E-state index is 0.0456. The first-order chi connectivity index (χ1) is 14.6. The first-order valence-electron chi connectivity index (χ1n) is 9.01. The van der Waals surface area contributed by atoms with Crippen LogP contribution in [-0.2, 0) is 4.79 Å². The van der Waals surface area contributed by atoms with E-state index in [0.717, 1.165) is 14.0 Å². The van der Waals surface area contributed by atoms with Gasteiger partial charge in [-0.05, 0) is 42.5 Å². The molecule has 0 saturated heterocycles. The van der Waals surface area contributed by atoms with E-state index in [4.69, 9.17) is 4.74 Å². The van der Waals surface area contributed by atoms with Gasteiger partial charge in [0.05, 0.1) is 17.6 Å². The fraction of sp³-hybridized carbons (Fsp3) is 0.0435. The van der Waals surface area contributed by atoms with E-state index in [1.807, 2.05) is 60.7 Å². The van der Waals surface area contributed by atoms with Crippen LogP contribution in [0.1, 0.15) is 5.56 Å². The quantitative estimate of drug-likeness (QED) is 0.218. The fourth-order valence-corrected chi connectivity index (χ4v) is 4.48. The van der Waals surface area contributed by atoms with Crippen LogP contribution in [0.2, 0.25) is 0 Å². The third kappa shape index (κ3) is 6.72. The molecule has 3 rings (SSSR count). The molecule has 152 valence electrons. The maximum Gasteiger partial charge on any atom is 0.265 e. The summed E-state index contributed by atoms with van der Waals surface area (Å²) in [4.78, 5) is 14.5. The summed E-state index contributed by atoms with van der Waals surface area (Å²) in [6.07, 6.45) is 2.88. The standard InChI is InChI=1S/C23H20N2O3S2/c1-28-18-12-13-21(26)17(14-18)16-24-25-22(27)15-23(29-19-8-4-2-5-9-19)30-20-10-6-3-7-11-20/h2-16,26H,1H3,(H,25,27)/b24-16+. The summed E-state index contributed by atoms with van der Waals surface area (Å²) in [5.41, 5.74) is 2.91. The van der Waals surface area contributed by atoms with Crippen LogP contribution in [0.25, 0.3) is 0 Å². The van der Waals surface area contributed by atoms with Crippen molar-refractivity contribution >= 4 is 35.6 Å². The minimum atomic E-state index is -0.365. The molecule has 0 bridgehead atoms. The number of ether oxygens (including phenoxy) is 1. The fourth-order valence-electron chi connectivity index (χ4n) is 2.36. The zero-order valence-electron chi connectivity index (χ0n) is 16.2. The molecule has 0 fully saturated rings. The second-order valence-electron chi connectivity index (χ2n) is 5.95. The van der Waals surface area contributed by atoms with Gasteiger partial charge in [0.1, 0.15) is 11.5 Å². The average molecular weight is 437 g/mol. The highest BCUT2D eigenvalue weighted by atomic mass is 32.2. The SMILES string of the molecule is COc1ccc(O)c(/C=N/NC(=O)C=C(Sc2ccccc2)Sc2ccccc2)c1. The van der Waals surface area contributed by atoms with Crippen molar-refractivity contribution in [3.05, 3.63) is 94.7 Å². The van der Waals surface area contributed by atoms with E-state index in [0.29, 0.717) is 11.3 Å². The summed E-state index contributed by atoms with van der Waals surface area (Å²) in [5, 5.41) is 13.8. The summed E-state index contributed by atoms with van der Waals surface area (Å²) in [5.74, 6) is 0.265. The minimum Gasteiger partial charge on any atom is -0.507 e. The third-order valence-corrected chi connectivity index (χ3v) is 5.94. The number of phenols is 1. The van der Waals surface area contributed by atoms with Gasteiger partial charge in [-0.3, -0.25) is 4.79 Å². The molecule has 0 unspecified atom stereocenters. The number of nitrogens with one attached hydrogen (secondary N) is 1. The van der Waals surface area contributed by atoms with Gasteiger partial charge in [0, 0.05) is 21.4 Å². The van der Waals surface area contributed by atoms with Gasteiger partial charge in [-0.15, -0.1) is 0 Å². The molecular weight excluding hydrogens is 416 g/mol. The normalized spacial score (nSPS) is 10.6. The Hall–Kier alpha value is -3.16. The molecule has 0 aliphatic carbocycles. The van der Waals surface area contributed by atoms with Crippen molar-refractivity contribution in [2.45, 2.75) is 9.79 Å². The van der Waals surface area contributed by atoms with Crippen LogP contribution in [0.4, 0.5) is 0 Å². The highest BCUT2D eigenvalue weighted by Gasteiger charge is 2.07. The largest absolute Gasteiger partial charge is 0.507 e. The van der Waals surface area contributed by atoms with Crippen LogP contribution in [0, 0.1) is 0 Å². The lowest BCUT2D eigenvalue weighted by molar-refractivity contribution is -0.116. The summed E-state index contributed by atoms with van der Waals surface area (Å²) in [7, 11) is 1.54. The maximum absolute atomic E-state index is 12.4. The smallest absolute Gasteiger partial charge is 0.265 e. The number of amides is 1. The number of carbonyl (C=O) groups is 1. The number of methoxy groups -OCH3 is 1. The molecule has 0 spiro atoms. The van der Waals surface area contributed by atoms with Gasteiger partial charge in [0.2, 0.25) is 0 Å². The number of hydrogen-bond donors (Lipinski definition) is 2. The van der Waals surface area contributed by atoms with E-state index >= 15 is 0 Å². The van der Waals surface area contributed by atoms with Crippen molar-refractivity contribution in [3.63, 3.8) is 0 Å². The first kappa shape index (κ1) is 21.5. The molecule has 3 aromatic rings. The number of aromatic hydroxyl groups is 1. The topological polar surface area (TPSA) is 70.9 Å². The number of thioether (sulfide) groups is 2. The predicted octanol–water partition coefficient (Wildman–Crippen LogP) is 5.28. The number of nitrogens with zero attached hydrogens (tertiary/aromatic N) is 1. The first-order valence-corrected chi connectivity index (χ1v) is 10.6. The molecule has 3 aromatic carbocycles. The van der Waals surface area contributed by atoms with Gasteiger partial charge in [0.15, 0.2) is 0 Å². The molecule has 30 heavy (non-hydrogen) atoms. The van der Waals surface area contributed by atoms with Gasteiger partial charge in [0.25, 0.3) is 5.91 Å². The van der Waals surface area contributed by atoms with Crippen LogP contribution in [0.5, 0.6) is 11.5 Å². The Morgan fingerprint density at radius 1 is 0.967 bits per heavy atom. The van der Waals surface area contributed by atoms with E-state index in [1.165, 1.54) is 49.0 Å². The molecule has 0 atom stereocenters. The van der Waals surface area contributed by atoms with Gasteiger partial charge in [-0.2, -0.15) is 5.10 Å². The van der Waals surface area contributed by atoms with Crippen molar-refractivity contribution in [3.8, 4) is 11.5 Å². The Balaban J connectivity index is 1.72. The molecule has 0 aliphatic heterocycles. The lowest BCUT2D eigenvalue weighted by atomic mass is 10.2. The second kappa shape index (κ2) is 11.1. The lowest BCUT2D eigenvalue weighted by Crippen LogP contribution is -2.14. The van der Waals surface area contributed by atoms with Crippen LogP contribution >= 0.6 is 23.5 Å². The molecule has 5 nitrogen and oxygen atoms in total. The Morgan fingerprint density at radius 3 is 2.13 bits per heavy atom. The summed E-state index contributed by atoms with van der Waals surface area (Å²) >= 11 is 3.01. The van der Waals surface area contributed by atoms with Crippen LogP contribution in [0.3, 0.4) is 0 Å². The molecule has 1 amide bonds. The highest BCUT2D eigenvalue weighted by molar-refractivity contribution is 8.22. The summed E-state index contributed by atoms with van der Waals surface area (Å²) in [6.45, 7) is 0. The number of hydrazone groups is 1. The lowest BCUT2D eigenvalue weighted by Gasteiger charge is -2.07. The average Bonchev–Trinajstić information content (AvgIpc) is 2.76. The highest BCUT2D eigenvalue weighted by Crippen LogP contribution is 2.38. The molecule has 0 aliphatic rings. The second-order valence-corrected chi connectivity index (χ2v) is 8.44. The van der Waals surface area contributed by atoms with Crippen LogP contribution < -0.4 is 10.2 Å². The predicted molar refractivity (Wildman–Crippen MR) is 123 cm³/mol. The number of rotatable bonds is 8. The Morgan fingerprint density at radius 2 is 1.57 bits per heavy atom. The van der Waals surface area contributed by atoms with Gasteiger partial charge >= 0.3 is 0 Å². The van der Waals surface area contributed by atoms with Crippen LogP contribution in [0.15, 0.2) is 104 Å². The van der Waals surface area contributed by atoms with E-state index in [9.17, 15) is 9.90 Å². The van der Waals surface area contributed by atoms with Crippen molar-refractivity contribution < 1.29 is 14.6 Å². The number of carbonyl (C=O) groups excluding carboxylic acids is 1. The van der Waals surface area contributed by atoms with Gasteiger partial charge < -0.3 is 9.84 Å². The van der Waals surface area contributed by atoms with Crippen LogP contribution in [-0.4, -0.2) is 24.3 Å². The number of phenolic OH excluding ortho intramolecular Hbond substituents is 1. The van der Waals surface area contributed by atoms with E-state index in [1.54, 1.807) is 12.1 Å². The number of hydrogen-bond acceptors (Lipinski definition) is 6.